The second kappa shape index (κ2) is 8.50. The Bertz CT molecular complexity index is 339. The Labute approximate surface area is 109 Å². The lowest BCUT2D eigenvalue weighted by Gasteiger charge is -2.07. The van der Waals surface area contributed by atoms with Gasteiger partial charge in [-0.25, -0.2) is 4.79 Å². The van der Waals surface area contributed by atoms with Crippen molar-refractivity contribution in [2.24, 2.45) is 5.92 Å². The van der Waals surface area contributed by atoms with E-state index in [9.17, 15) is 4.79 Å². The fourth-order valence-electron chi connectivity index (χ4n) is 1.59. The lowest BCUT2D eigenvalue weighted by atomic mass is 10.1. The van der Waals surface area contributed by atoms with Crippen LogP contribution in [0.4, 0.5) is 10.5 Å². The topological polar surface area (TPSA) is 51.2 Å². The average molecular weight is 250 g/mol. The van der Waals surface area contributed by atoms with E-state index in [1.165, 1.54) is 12.8 Å². The first-order valence-corrected chi connectivity index (χ1v) is 6.52. The van der Waals surface area contributed by atoms with Gasteiger partial charge in [0.15, 0.2) is 0 Å². The van der Waals surface area contributed by atoms with E-state index >= 15 is 0 Å². The van der Waals surface area contributed by atoms with Crippen LogP contribution in [-0.4, -0.2) is 17.7 Å². The molecule has 0 bridgehead atoms. The lowest BCUT2D eigenvalue weighted by Crippen LogP contribution is -2.14. The SMILES string of the molecule is CC(C)CCCCCOC(=O)Nc1cccnc1. The molecule has 1 N–H and O–H groups in total. The molecule has 4 heteroatoms. The molecule has 0 atom stereocenters. The number of rotatable bonds is 7. The Morgan fingerprint density at radius 3 is 2.89 bits per heavy atom. The van der Waals surface area contributed by atoms with Crippen molar-refractivity contribution in [1.82, 2.24) is 4.98 Å². The predicted octanol–water partition coefficient (Wildman–Crippen LogP) is 3.85. The highest BCUT2D eigenvalue weighted by molar-refractivity contribution is 5.84. The summed E-state index contributed by atoms with van der Waals surface area (Å²) in [6.45, 7) is 4.92. The van der Waals surface area contributed by atoms with Gasteiger partial charge in [0, 0.05) is 6.20 Å². The summed E-state index contributed by atoms with van der Waals surface area (Å²) in [5.41, 5.74) is 0.655. The summed E-state index contributed by atoms with van der Waals surface area (Å²) in [5.74, 6) is 0.750. The van der Waals surface area contributed by atoms with Crippen LogP contribution < -0.4 is 5.32 Å². The quantitative estimate of drug-likeness (QED) is 0.748. The van der Waals surface area contributed by atoms with Crippen molar-refractivity contribution in [3.05, 3.63) is 24.5 Å². The largest absolute Gasteiger partial charge is 0.449 e. The Hall–Kier alpha value is -1.58. The highest BCUT2D eigenvalue weighted by Crippen LogP contribution is 2.08. The van der Waals surface area contributed by atoms with Gasteiger partial charge in [0.05, 0.1) is 18.5 Å². The standard InChI is InChI=1S/C14H22N2O2/c1-12(2)7-4-3-5-10-18-14(17)16-13-8-6-9-15-11-13/h6,8-9,11-12H,3-5,7,10H2,1-2H3,(H,16,17). The first kappa shape index (κ1) is 14.5. The van der Waals surface area contributed by atoms with Crippen molar-refractivity contribution >= 4 is 11.8 Å². The molecule has 0 saturated carbocycles. The van der Waals surface area contributed by atoms with Crippen LogP contribution in [0.25, 0.3) is 0 Å². The number of amides is 1. The number of carbonyl (C=O) groups is 1. The van der Waals surface area contributed by atoms with Gasteiger partial charge in [0.25, 0.3) is 0 Å². The maximum absolute atomic E-state index is 11.4. The van der Waals surface area contributed by atoms with Gasteiger partial charge >= 0.3 is 6.09 Å². The maximum atomic E-state index is 11.4. The van der Waals surface area contributed by atoms with E-state index in [0.717, 1.165) is 18.8 Å². The van der Waals surface area contributed by atoms with Crippen molar-refractivity contribution in [2.45, 2.75) is 39.5 Å². The van der Waals surface area contributed by atoms with Crippen molar-refractivity contribution < 1.29 is 9.53 Å². The maximum Gasteiger partial charge on any atom is 0.411 e. The molecule has 1 aromatic heterocycles. The van der Waals surface area contributed by atoms with Crippen LogP contribution in [0.3, 0.4) is 0 Å². The fraction of sp³-hybridized carbons (Fsp3) is 0.571. The van der Waals surface area contributed by atoms with Gasteiger partial charge in [-0.1, -0.05) is 33.1 Å². The Morgan fingerprint density at radius 2 is 2.22 bits per heavy atom. The van der Waals surface area contributed by atoms with Crippen LogP contribution in [0.1, 0.15) is 39.5 Å². The summed E-state index contributed by atoms with van der Waals surface area (Å²) >= 11 is 0. The van der Waals surface area contributed by atoms with Gasteiger partial charge in [0.2, 0.25) is 0 Å². The summed E-state index contributed by atoms with van der Waals surface area (Å²) in [6.07, 6.45) is 7.31. The van der Waals surface area contributed by atoms with E-state index in [2.05, 4.69) is 24.1 Å². The number of hydrogen-bond acceptors (Lipinski definition) is 3. The highest BCUT2D eigenvalue weighted by Gasteiger charge is 2.02. The number of hydrogen-bond donors (Lipinski definition) is 1. The smallest absolute Gasteiger partial charge is 0.411 e. The minimum Gasteiger partial charge on any atom is -0.449 e. The third kappa shape index (κ3) is 6.89. The van der Waals surface area contributed by atoms with Crippen LogP contribution >= 0.6 is 0 Å². The molecule has 0 unspecified atom stereocenters. The van der Waals surface area contributed by atoms with Crippen molar-refractivity contribution in [3.8, 4) is 0 Å². The molecule has 0 spiro atoms. The molecule has 0 aliphatic carbocycles. The van der Waals surface area contributed by atoms with Crippen molar-refractivity contribution in [3.63, 3.8) is 0 Å². The number of carbonyl (C=O) groups excluding carboxylic acids is 1. The number of ether oxygens (including phenoxy) is 1. The molecule has 0 fully saturated rings. The van der Waals surface area contributed by atoms with Gasteiger partial charge in [-0.2, -0.15) is 0 Å². The van der Waals surface area contributed by atoms with Crippen molar-refractivity contribution in [2.75, 3.05) is 11.9 Å². The molecule has 0 saturated heterocycles. The molecule has 100 valence electrons. The predicted molar refractivity (Wildman–Crippen MR) is 72.5 cm³/mol. The molecule has 1 rings (SSSR count). The molecule has 1 amide bonds. The Morgan fingerprint density at radius 1 is 1.39 bits per heavy atom. The van der Waals surface area contributed by atoms with Crippen molar-refractivity contribution in [1.29, 1.82) is 0 Å². The van der Waals surface area contributed by atoms with E-state index in [-0.39, 0.29) is 0 Å². The number of aromatic nitrogens is 1. The molecular formula is C14H22N2O2. The number of nitrogens with zero attached hydrogens (tertiary/aromatic N) is 1. The van der Waals surface area contributed by atoms with Crippen LogP contribution in [0.15, 0.2) is 24.5 Å². The van der Waals surface area contributed by atoms with Gasteiger partial charge in [-0.3, -0.25) is 10.3 Å². The van der Waals surface area contributed by atoms with Gasteiger partial charge in [-0.05, 0) is 24.5 Å². The zero-order valence-electron chi connectivity index (χ0n) is 11.2. The molecule has 1 aromatic rings. The Kier molecular flexibility index (Phi) is 6.84. The molecular weight excluding hydrogens is 228 g/mol. The second-order valence-electron chi connectivity index (χ2n) is 4.75. The third-order valence-corrected chi connectivity index (χ3v) is 2.57. The molecule has 18 heavy (non-hydrogen) atoms. The number of pyridine rings is 1. The third-order valence-electron chi connectivity index (χ3n) is 2.57. The molecule has 0 radical (unpaired) electrons. The van der Waals surface area contributed by atoms with Gasteiger partial charge < -0.3 is 4.74 Å². The average Bonchev–Trinajstić information content (AvgIpc) is 2.34. The fourth-order valence-corrected chi connectivity index (χ4v) is 1.59. The van der Waals surface area contributed by atoms with E-state index in [1.54, 1.807) is 24.5 Å². The first-order chi connectivity index (χ1) is 8.68. The van der Waals surface area contributed by atoms with Crippen LogP contribution in [0, 0.1) is 5.92 Å². The van der Waals surface area contributed by atoms with E-state index in [1.807, 2.05) is 0 Å². The minimum atomic E-state index is -0.410. The molecule has 0 aliphatic rings. The first-order valence-electron chi connectivity index (χ1n) is 6.52. The zero-order valence-corrected chi connectivity index (χ0v) is 11.2. The summed E-state index contributed by atoms with van der Waals surface area (Å²) in [6, 6.07) is 3.54. The second-order valence-corrected chi connectivity index (χ2v) is 4.75. The number of nitrogens with one attached hydrogen (secondary N) is 1. The monoisotopic (exact) mass is 250 g/mol. The summed E-state index contributed by atoms with van der Waals surface area (Å²) in [4.78, 5) is 15.3. The molecule has 4 nitrogen and oxygen atoms in total. The Balaban J connectivity index is 2.04. The van der Waals surface area contributed by atoms with E-state index in [0.29, 0.717) is 12.3 Å². The molecule has 0 aromatic carbocycles. The van der Waals surface area contributed by atoms with Crippen LogP contribution in [0.5, 0.6) is 0 Å². The van der Waals surface area contributed by atoms with Crippen LogP contribution in [0.2, 0.25) is 0 Å². The normalized spacial score (nSPS) is 10.4. The van der Waals surface area contributed by atoms with Crippen LogP contribution in [-0.2, 0) is 4.74 Å². The van der Waals surface area contributed by atoms with Gasteiger partial charge in [-0.15, -0.1) is 0 Å². The summed E-state index contributed by atoms with van der Waals surface area (Å²) in [5, 5.41) is 2.63. The summed E-state index contributed by atoms with van der Waals surface area (Å²) < 4.78 is 5.08. The summed E-state index contributed by atoms with van der Waals surface area (Å²) in [7, 11) is 0. The highest BCUT2D eigenvalue weighted by atomic mass is 16.5. The molecule has 1 heterocycles. The van der Waals surface area contributed by atoms with E-state index in [4.69, 9.17) is 4.74 Å². The number of unbranched alkanes of at least 4 members (excludes halogenated alkanes) is 2. The number of anilines is 1. The van der Waals surface area contributed by atoms with Gasteiger partial charge in [0.1, 0.15) is 0 Å². The lowest BCUT2D eigenvalue weighted by molar-refractivity contribution is 0.159. The minimum absolute atomic E-state index is 0.410. The molecule has 0 aliphatic heterocycles. The zero-order chi connectivity index (χ0) is 13.2. The van der Waals surface area contributed by atoms with E-state index < -0.39 is 6.09 Å².